The fraction of sp³-hybridized carbons (Fsp3) is 0.556. The molecule has 33 heavy (non-hydrogen) atoms. The number of aromatic nitrogens is 2. The van der Waals surface area contributed by atoms with E-state index in [9.17, 15) is 48.3 Å². The summed E-state index contributed by atoms with van der Waals surface area (Å²) in [7, 11) is -18.1. The molecule has 2 rings (SSSR count). The number of phosphoric ester groups is 1. The third-order valence-corrected chi connectivity index (χ3v) is 7.16. The Morgan fingerprint density at radius 2 is 1.58 bits per heavy atom. The standard InChI is InChI=1S/C9H15N2O14P3S.4Li/c12-6-4(3-22-27(18,19)25-28(20,21)24-26(15,16)17)23-8(7(6)13)11-2-1-5(29)10-9(11)14;;;;/h1-2,4,6-8,12-13H,3H2,(H,18,19)(H,20,21)(H,10,14,29)(H2,15,16,17);;;;/q;4*+1/p-4/t4-,6?,7+,8-;;;;/m1..../s1. The van der Waals surface area contributed by atoms with Crippen LogP contribution >= 0.6 is 35.7 Å². The summed E-state index contributed by atoms with van der Waals surface area (Å²) in [6, 6.07) is 1.26. The van der Waals surface area contributed by atoms with Gasteiger partial charge in [-0.25, -0.2) is 9.11 Å². The summed E-state index contributed by atoms with van der Waals surface area (Å²) < 4.78 is 49.3. The molecule has 3 N–H and O–H groups in total. The van der Waals surface area contributed by atoms with Crippen molar-refractivity contribution in [2.45, 2.75) is 24.5 Å². The average molecular weight is 524 g/mol. The molecule has 0 spiro atoms. The number of aromatic amines is 1. The van der Waals surface area contributed by atoms with Gasteiger partial charge in [0, 0.05) is 6.20 Å². The minimum absolute atomic E-state index is 0. The minimum Gasteiger partial charge on any atom is -0.790 e. The molecule has 0 aromatic carbocycles. The molecule has 1 aliphatic heterocycles. The normalized spacial score (nSPS) is 25.8. The van der Waals surface area contributed by atoms with Gasteiger partial charge in [-0.2, -0.15) is 0 Å². The summed E-state index contributed by atoms with van der Waals surface area (Å²) in [5, 5.41) is 19.9. The van der Waals surface area contributed by atoms with Crippen LogP contribution in [0, 0.1) is 4.64 Å². The van der Waals surface area contributed by atoms with E-state index in [1.807, 2.05) is 0 Å². The Bertz CT molecular complexity index is 1020. The maximum atomic E-state index is 11.8. The number of rotatable bonds is 8. The SMILES string of the molecule is O=c1[nH]c(=S)ccn1[C@@H]1O[C@H](COP(=O)([O-])OP(=O)([O-])OP(=O)([O-])[O-])C(O)[C@@H]1O.[Li+].[Li+].[Li+].[Li+]. The molecule has 1 aromatic heterocycles. The zero-order chi connectivity index (χ0) is 22.2. The van der Waals surface area contributed by atoms with Gasteiger partial charge < -0.3 is 43.6 Å². The first-order valence-electron chi connectivity index (χ1n) is 7.15. The van der Waals surface area contributed by atoms with E-state index >= 15 is 0 Å². The average Bonchev–Trinajstić information content (AvgIpc) is 2.78. The van der Waals surface area contributed by atoms with E-state index in [1.165, 1.54) is 6.07 Å². The van der Waals surface area contributed by atoms with Crippen molar-refractivity contribution in [2.24, 2.45) is 0 Å². The van der Waals surface area contributed by atoms with Crippen molar-refractivity contribution in [3.8, 4) is 0 Å². The number of phosphoric acid groups is 3. The second-order valence-electron chi connectivity index (χ2n) is 5.36. The van der Waals surface area contributed by atoms with Crippen LogP contribution in [-0.2, 0) is 31.6 Å². The van der Waals surface area contributed by atoms with Crippen molar-refractivity contribution in [2.75, 3.05) is 6.61 Å². The number of H-pyrrole nitrogens is 1. The molecule has 0 radical (unpaired) electrons. The van der Waals surface area contributed by atoms with Gasteiger partial charge in [0.15, 0.2) is 6.23 Å². The quantitative estimate of drug-likeness (QED) is 0.162. The molecule has 16 nitrogen and oxygen atoms in total. The zero-order valence-electron chi connectivity index (χ0n) is 17.7. The van der Waals surface area contributed by atoms with Crippen LogP contribution < -0.4 is 101 Å². The molecular weight excluding hydrogens is 513 g/mol. The first-order valence-corrected chi connectivity index (χ1v) is 11.9. The van der Waals surface area contributed by atoms with Gasteiger partial charge in [0.2, 0.25) is 0 Å². The first-order chi connectivity index (χ1) is 13.1. The van der Waals surface area contributed by atoms with Crippen molar-refractivity contribution in [3.63, 3.8) is 0 Å². The van der Waals surface area contributed by atoms with Crippen LogP contribution in [0.15, 0.2) is 17.1 Å². The van der Waals surface area contributed by atoms with Crippen LogP contribution in [-0.4, -0.2) is 44.7 Å². The summed E-state index contributed by atoms with van der Waals surface area (Å²) in [5.74, 6) is 0. The van der Waals surface area contributed by atoms with Gasteiger partial charge in [-0.3, -0.25) is 23.0 Å². The van der Waals surface area contributed by atoms with Gasteiger partial charge in [0.1, 0.15) is 23.0 Å². The van der Waals surface area contributed by atoms with Crippen molar-refractivity contribution in [3.05, 3.63) is 27.4 Å². The van der Waals surface area contributed by atoms with Gasteiger partial charge in [-0.05, 0) is 6.07 Å². The molecule has 0 amide bonds. The second-order valence-corrected chi connectivity index (χ2v) is 10.1. The first kappa shape index (κ1) is 39.3. The zero-order valence-corrected chi connectivity index (χ0v) is 21.2. The van der Waals surface area contributed by atoms with Crippen LogP contribution in [0.5, 0.6) is 0 Å². The Morgan fingerprint density at radius 3 is 2.06 bits per heavy atom. The Morgan fingerprint density at radius 1 is 1.03 bits per heavy atom. The Kier molecular flexibility index (Phi) is 18.2. The summed E-state index contributed by atoms with van der Waals surface area (Å²) in [6.07, 6.45) is -5.51. The molecule has 1 aliphatic rings. The molecule has 0 bridgehead atoms. The van der Waals surface area contributed by atoms with Gasteiger partial charge in [-0.15, -0.1) is 0 Å². The maximum Gasteiger partial charge on any atom is 1.00 e. The van der Waals surface area contributed by atoms with Gasteiger partial charge >= 0.3 is 81.1 Å². The maximum absolute atomic E-state index is 11.8. The van der Waals surface area contributed by atoms with Crippen molar-refractivity contribution >= 4 is 35.7 Å². The molecule has 1 saturated heterocycles. The number of hydrogen-bond donors (Lipinski definition) is 3. The third-order valence-electron chi connectivity index (χ3n) is 3.26. The number of aliphatic hydroxyl groups is 2. The van der Waals surface area contributed by atoms with E-state index in [4.69, 9.17) is 17.0 Å². The second kappa shape index (κ2) is 15.3. The number of nitrogens with zero attached hydrogens (tertiary/aromatic N) is 1. The molecule has 6 atom stereocenters. The van der Waals surface area contributed by atoms with Crippen molar-refractivity contribution in [1.29, 1.82) is 0 Å². The Labute approximate surface area is 238 Å². The fourth-order valence-electron chi connectivity index (χ4n) is 2.17. The minimum atomic E-state index is -6.15. The molecule has 3 unspecified atom stereocenters. The summed E-state index contributed by atoms with van der Waals surface area (Å²) >= 11 is 4.73. The molecule has 0 aliphatic carbocycles. The predicted octanol–water partition coefficient (Wildman–Crippen LogP) is -15.6. The topological polar surface area (TPSA) is 259 Å². The predicted molar refractivity (Wildman–Crippen MR) is 82.8 cm³/mol. The van der Waals surface area contributed by atoms with Crippen molar-refractivity contribution in [1.82, 2.24) is 9.55 Å². The van der Waals surface area contributed by atoms with Crippen LogP contribution in [0.2, 0.25) is 0 Å². The number of ether oxygens (including phenoxy) is 1. The van der Waals surface area contributed by atoms with E-state index in [-0.39, 0.29) is 80.1 Å². The van der Waals surface area contributed by atoms with E-state index in [2.05, 4.69) is 18.1 Å². The van der Waals surface area contributed by atoms with Gasteiger partial charge in [-0.1, -0.05) is 12.2 Å². The summed E-state index contributed by atoms with van der Waals surface area (Å²) in [6.45, 7) is -1.13. The summed E-state index contributed by atoms with van der Waals surface area (Å²) in [4.78, 5) is 57.1. The van der Waals surface area contributed by atoms with E-state index < -0.39 is 60.3 Å². The molecule has 1 fully saturated rings. The van der Waals surface area contributed by atoms with Gasteiger partial charge in [0.25, 0.3) is 15.6 Å². The molecule has 2 heterocycles. The Hall–Kier alpha value is 1.78. The molecule has 24 heteroatoms. The molecular formula is C9H11Li4N2O14P3S. The summed E-state index contributed by atoms with van der Waals surface area (Å²) in [5.41, 5.74) is -0.822. The molecule has 166 valence electrons. The Balaban J connectivity index is -0.00000225. The largest absolute Gasteiger partial charge is 1.00 e. The van der Waals surface area contributed by atoms with E-state index in [0.717, 1.165) is 10.8 Å². The third kappa shape index (κ3) is 12.2. The fourth-order valence-corrected chi connectivity index (χ4v) is 5.19. The van der Waals surface area contributed by atoms with E-state index in [1.54, 1.807) is 0 Å². The molecule has 1 aromatic rings. The van der Waals surface area contributed by atoms with Crippen LogP contribution in [0.25, 0.3) is 0 Å². The van der Waals surface area contributed by atoms with Crippen LogP contribution in [0.3, 0.4) is 0 Å². The molecule has 0 saturated carbocycles. The van der Waals surface area contributed by atoms with Crippen LogP contribution in [0.4, 0.5) is 0 Å². The van der Waals surface area contributed by atoms with E-state index in [0.29, 0.717) is 0 Å². The van der Waals surface area contributed by atoms with Crippen LogP contribution in [0.1, 0.15) is 6.23 Å². The van der Waals surface area contributed by atoms with Gasteiger partial charge in [0.05, 0.1) is 14.4 Å². The monoisotopic (exact) mass is 524 g/mol. The number of nitrogens with one attached hydrogen (secondary N) is 1. The van der Waals surface area contributed by atoms with Crippen molar-refractivity contribution < 1.29 is 137 Å². The smallest absolute Gasteiger partial charge is 0.790 e. The number of hydrogen-bond acceptors (Lipinski definition) is 15. The number of aliphatic hydroxyl groups excluding tert-OH is 2.